The number of phosphoric ester groups is 1. The SMILES string of the molecule is O=C(CO)[C@@H](O)[C@H](O)COP(=O)([O-])[O-].[Na+].[Na+]. The molecule has 0 amide bonds. The molecule has 0 unspecified atom stereocenters. The number of aliphatic hydroxyl groups is 3. The Labute approximate surface area is 136 Å². The standard InChI is InChI=1S/C5H11O8P.2Na/c6-1-3(7)5(9)4(8)2-13-14(10,11)12;;/h4-6,8-9H,1-2H2,(H2,10,11,12);;/q;2*+1/p-2/t4-,5-;;/m1../s1. The zero-order valence-electron chi connectivity index (χ0n) is 8.90. The van der Waals surface area contributed by atoms with Crippen LogP contribution in [0.4, 0.5) is 0 Å². The molecule has 0 aromatic rings. The summed E-state index contributed by atoms with van der Waals surface area (Å²) in [7, 11) is -5.24. The van der Waals surface area contributed by atoms with Gasteiger partial charge in [-0.15, -0.1) is 0 Å². The van der Waals surface area contributed by atoms with E-state index in [2.05, 4.69) is 4.52 Å². The topological polar surface area (TPSA) is 150 Å². The van der Waals surface area contributed by atoms with Gasteiger partial charge in [-0.1, -0.05) is 0 Å². The summed E-state index contributed by atoms with van der Waals surface area (Å²) >= 11 is 0. The first kappa shape index (κ1) is 22.8. The third kappa shape index (κ3) is 10.8. The van der Waals surface area contributed by atoms with Gasteiger partial charge >= 0.3 is 59.1 Å². The van der Waals surface area contributed by atoms with E-state index in [4.69, 9.17) is 15.3 Å². The van der Waals surface area contributed by atoms with Crippen molar-refractivity contribution >= 4 is 13.6 Å². The molecular weight excluding hydrogens is 265 g/mol. The number of Topliss-reactive ketones (excluding diaryl/α,β-unsaturated/α-hetero) is 1. The fourth-order valence-electron chi connectivity index (χ4n) is 0.567. The van der Waals surface area contributed by atoms with Crippen LogP contribution in [0, 0.1) is 0 Å². The number of phosphoric acid groups is 1. The van der Waals surface area contributed by atoms with Gasteiger partial charge in [-0.2, -0.15) is 0 Å². The molecule has 0 aliphatic rings. The summed E-state index contributed by atoms with van der Waals surface area (Å²) < 4.78 is 13.5. The van der Waals surface area contributed by atoms with Gasteiger partial charge in [0, 0.05) is 0 Å². The normalized spacial score (nSPS) is 14.3. The number of aliphatic hydroxyl groups excluding tert-OH is 3. The van der Waals surface area contributed by atoms with Crippen molar-refractivity contribution < 1.29 is 98.1 Å². The van der Waals surface area contributed by atoms with Crippen molar-refractivity contribution in [2.75, 3.05) is 13.2 Å². The molecule has 3 N–H and O–H groups in total. The fourth-order valence-corrected chi connectivity index (χ4v) is 0.902. The fraction of sp³-hybridized carbons (Fsp3) is 0.800. The molecule has 0 fully saturated rings. The Hall–Kier alpha value is 1.66. The maximum atomic E-state index is 10.5. The average Bonchev–Trinajstić information content (AvgIpc) is 2.10. The van der Waals surface area contributed by atoms with Crippen LogP contribution in [0.2, 0.25) is 0 Å². The Balaban J connectivity index is -0.000000845. The van der Waals surface area contributed by atoms with Gasteiger partial charge in [0.05, 0.1) is 14.4 Å². The second-order valence-electron chi connectivity index (χ2n) is 2.38. The molecule has 0 rings (SSSR count). The molecule has 0 bridgehead atoms. The molecule has 0 saturated carbocycles. The van der Waals surface area contributed by atoms with Crippen LogP contribution in [0.5, 0.6) is 0 Å². The predicted molar refractivity (Wildman–Crippen MR) is 37.7 cm³/mol. The number of carbonyl (C=O) groups excluding carboxylic acids is 1. The van der Waals surface area contributed by atoms with Crippen LogP contribution in [-0.4, -0.2) is 46.5 Å². The first-order valence-electron chi connectivity index (χ1n) is 3.44. The van der Waals surface area contributed by atoms with E-state index in [1.807, 2.05) is 0 Å². The van der Waals surface area contributed by atoms with Crippen LogP contribution < -0.4 is 68.9 Å². The summed E-state index contributed by atoms with van der Waals surface area (Å²) in [6, 6.07) is 0. The van der Waals surface area contributed by atoms with Gasteiger partial charge in [0.25, 0.3) is 0 Å². The number of hydrogen-bond acceptors (Lipinski definition) is 8. The molecule has 0 aromatic carbocycles. The van der Waals surface area contributed by atoms with E-state index < -0.39 is 39.0 Å². The van der Waals surface area contributed by atoms with Gasteiger partial charge in [0.2, 0.25) is 0 Å². The number of ketones is 1. The van der Waals surface area contributed by atoms with Gasteiger partial charge in [-0.05, 0) is 0 Å². The molecule has 84 valence electrons. The van der Waals surface area contributed by atoms with Crippen molar-refractivity contribution in [2.24, 2.45) is 0 Å². The maximum Gasteiger partial charge on any atom is 1.00 e. The van der Waals surface area contributed by atoms with E-state index in [0.29, 0.717) is 0 Å². The predicted octanol–water partition coefficient (Wildman–Crippen LogP) is -9.88. The Morgan fingerprint density at radius 3 is 2.06 bits per heavy atom. The minimum atomic E-state index is -5.24. The summed E-state index contributed by atoms with van der Waals surface area (Å²) in [5, 5.41) is 26.0. The second-order valence-corrected chi connectivity index (χ2v) is 3.53. The Kier molecular flexibility index (Phi) is 15.1. The summed E-state index contributed by atoms with van der Waals surface area (Å²) in [4.78, 5) is 30.4. The average molecular weight is 274 g/mol. The molecule has 0 spiro atoms. The van der Waals surface area contributed by atoms with Crippen LogP contribution in [-0.2, 0) is 13.9 Å². The second kappa shape index (κ2) is 10.6. The monoisotopic (exact) mass is 274 g/mol. The van der Waals surface area contributed by atoms with Crippen molar-refractivity contribution in [1.82, 2.24) is 0 Å². The van der Waals surface area contributed by atoms with Gasteiger partial charge in [-0.3, -0.25) is 4.79 Å². The van der Waals surface area contributed by atoms with Gasteiger partial charge < -0.3 is 34.2 Å². The molecule has 8 nitrogen and oxygen atoms in total. The number of hydrogen-bond donors (Lipinski definition) is 3. The largest absolute Gasteiger partial charge is 1.00 e. The first-order valence-corrected chi connectivity index (χ1v) is 4.90. The smallest absolute Gasteiger partial charge is 0.790 e. The third-order valence-corrected chi connectivity index (χ3v) is 1.72. The Morgan fingerprint density at radius 1 is 1.31 bits per heavy atom. The third-order valence-electron chi connectivity index (χ3n) is 1.25. The minimum Gasteiger partial charge on any atom is -0.790 e. The van der Waals surface area contributed by atoms with Crippen molar-refractivity contribution in [3.63, 3.8) is 0 Å². The van der Waals surface area contributed by atoms with Gasteiger partial charge in [0.15, 0.2) is 5.78 Å². The molecule has 2 atom stereocenters. The van der Waals surface area contributed by atoms with E-state index in [-0.39, 0.29) is 59.1 Å². The molecule has 0 aliphatic carbocycles. The van der Waals surface area contributed by atoms with E-state index >= 15 is 0 Å². The molecule has 0 aliphatic heterocycles. The molecule has 16 heavy (non-hydrogen) atoms. The van der Waals surface area contributed by atoms with Crippen LogP contribution in [0.25, 0.3) is 0 Å². The molecular formula is C5H9Na2O8P. The van der Waals surface area contributed by atoms with Crippen molar-refractivity contribution in [1.29, 1.82) is 0 Å². The Morgan fingerprint density at radius 2 is 1.75 bits per heavy atom. The van der Waals surface area contributed by atoms with Crippen LogP contribution in [0.3, 0.4) is 0 Å². The maximum absolute atomic E-state index is 10.5. The van der Waals surface area contributed by atoms with Crippen molar-refractivity contribution in [2.45, 2.75) is 12.2 Å². The van der Waals surface area contributed by atoms with E-state index in [1.165, 1.54) is 0 Å². The summed E-state index contributed by atoms with van der Waals surface area (Å²) in [6.45, 7) is -2.04. The quantitative estimate of drug-likeness (QED) is 0.319. The molecule has 11 heteroatoms. The van der Waals surface area contributed by atoms with Crippen LogP contribution >= 0.6 is 7.82 Å². The number of carbonyl (C=O) groups is 1. The zero-order chi connectivity index (χ0) is 11.4. The molecule has 0 heterocycles. The van der Waals surface area contributed by atoms with E-state index in [1.54, 1.807) is 0 Å². The van der Waals surface area contributed by atoms with Crippen molar-refractivity contribution in [3.05, 3.63) is 0 Å². The van der Waals surface area contributed by atoms with E-state index in [9.17, 15) is 19.1 Å². The molecule has 0 radical (unpaired) electrons. The van der Waals surface area contributed by atoms with E-state index in [0.717, 1.165) is 0 Å². The minimum absolute atomic E-state index is 0. The molecule has 0 saturated heterocycles. The Bertz CT molecular complexity index is 243. The zero-order valence-corrected chi connectivity index (χ0v) is 13.8. The molecule has 0 aromatic heterocycles. The van der Waals surface area contributed by atoms with Gasteiger partial charge in [-0.25, -0.2) is 0 Å². The summed E-state index contributed by atoms with van der Waals surface area (Å²) in [5.74, 6) is -1.10. The van der Waals surface area contributed by atoms with Crippen LogP contribution in [0.15, 0.2) is 0 Å². The first-order chi connectivity index (χ1) is 6.28. The summed E-state index contributed by atoms with van der Waals surface area (Å²) in [5.41, 5.74) is 0. The number of rotatable bonds is 6. The van der Waals surface area contributed by atoms with Crippen LogP contribution in [0.1, 0.15) is 0 Å². The van der Waals surface area contributed by atoms with Crippen molar-refractivity contribution in [3.8, 4) is 0 Å². The van der Waals surface area contributed by atoms with Gasteiger partial charge in [0.1, 0.15) is 18.8 Å². The summed E-state index contributed by atoms with van der Waals surface area (Å²) in [6.07, 6.45) is -3.85.